The van der Waals surface area contributed by atoms with Crippen molar-refractivity contribution in [2.75, 3.05) is 7.11 Å². The fourth-order valence-electron chi connectivity index (χ4n) is 3.14. The standard InChI is InChI=1S/C18H31ClF2N2O/c1-5-7-9-10-11-13-18(3,12-8-6-2)23-17(24-4)14(16(20)21)15(19)22-23/h16H,5-13H2,1-4H3. The summed E-state index contributed by atoms with van der Waals surface area (Å²) in [6.45, 7) is 6.39. The molecule has 0 N–H and O–H groups in total. The predicted octanol–water partition coefficient (Wildman–Crippen LogP) is 6.75. The third-order valence-electron chi connectivity index (χ3n) is 4.64. The SMILES string of the molecule is CCCCCCCC(C)(CCCC)n1nc(Cl)c(C(F)F)c1OC. The summed E-state index contributed by atoms with van der Waals surface area (Å²) >= 11 is 5.97. The Labute approximate surface area is 149 Å². The Bertz CT molecular complexity index is 494. The lowest BCUT2D eigenvalue weighted by atomic mass is 9.88. The van der Waals surface area contributed by atoms with Gasteiger partial charge in [-0.1, -0.05) is 70.4 Å². The second-order valence-corrected chi connectivity index (χ2v) is 7.05. The monoisotopic (exact) mass is 364 g/mol. The molecule has 0 radical (unpaired) electrons. The molecule has 0 fully saturated rings. The summed E-state index contributed by atoms with van der Waals surface area (Å²) in [4.78, 5) is 0. The third-order valence-corrected chi connectivity index (χ3v) is 4.92. The average Bonchev–Trinajstić information content (AvgIpc) is 2.90. The molecule has 0 bridgehead atoms. The van der Waals surface area contributed by atoms with Crippen LogP contribution in [0.5, 0.6) is 5.88 Å². The first-order chi connectivity index (χ1) is 11.4. The molecule has 1 heterocycles. The summed E-state index contributed by atoms with van der Waals surface area (Å²) in [6, 6.07) is 0. The van der Waals surface area contributed by atoms with Gasteiger partial charge in [0.2, 0.25) is 5.88 Å². The van der Waals surface area contributed by atoms with Gasteiger partial charge in [-0.25, -0.2) is 13.5 Å². The predicted molar refractivity (Wildman–Crippen MR) is 95.3 cm³/mol. The second kappa shape index (κ2) is 10.2. The highest BCUT2D eigenvalue weighted by Gasteiger charge is 2.34. The van der Waals surface area contributed by atoms with Crippen molar-refractivity contribution in [3.05, 3.63) is 10.7 Å². The minimum atomic E-state index is -2.69. The minimum Gasteiger partial charge on any atom is -0.481 e. The van der Waals surface area contributed by atoms with Gasteiger partial charge in [0.25, 0.3) is 6.43 Å². The van der Waals surface area contributed by atoms with Gasteiger partial charge in [-0.3, -0.25) is 0 Å². The van der Waals surface area contributed by atoms with Gasteiger partial charge in [0.1, 0.15) is 5.56 Å². The molecule has 1 atom stereocenters. The van der Waals surface area contributed by atoms with Gasteiger partial charge < -0.3 is 4.74 Å². The number of rotatable bonds is 12. The number of alkyl halides is 2. The van der Waals surface area contributed by atoms with Crippen LogP contribution in [0.2, 0.25) is 5.15 Å². The van der Waals surface area contributed by atoms with E-state index in [0.717, 1.165) is 38.5 Å². The maximum atomic E-state index is 13.3. The topological polar surface area (TPSA) is 27.1 Å². The molecule has 0 aliphatic carbocycles. The molecule has 3 nitrogen and oxygen atoms in total. The molecule has 6 heteroatoms. The van der Waals surface area contributed by atoms with E-state index in [0.29, 0.717) is 0 Å². The number of nitrogens with zero attached hydrogens (tertiary/aromatic N) is 2. The van der Waals surface area contributed by atoms with E-state index in [1.165, 1.54) is 26.4 Å². The van der Waals surface area contributed by atoms with Gasteiger partial charge >= 0.3 is 0 Å². The summed E-state index contributed by atoms with van der Waals surface area (Å²) in [5.41, 5.74) is -0.655. The van der Waals surface area contributed by atoms with Crippen LogP contribution in [0.1, 0.15) is 90.5 Å². The smallest absolute Gasteiger partial charge is 0.272 e. The Morgan fingerprint density at radius 3 is 2.21 bits per heavy atom. The van der Waals surface area contributed by atoms with Crippen molar-refractivity contribution in [3.63, 3.8) is 0 Å². The van der Waals surface area contributed by atoms with E-state index >= 15 is 0 Å². The molecule has 1 unspecified atom stereocenters. The van der Waals surface area contributed by atoms with E-state index < -0.39 is 6.43 Å². The maximum absolute atomic E-state index is 13.3. The van der Waals surface area contributed by atoms with Crippen LogP contribution in [-0.2, 0) is 5.54 Å². The van der Waals surface area contributed by atoms with Gasteiger partial charge in [-0.05, 0) is 19.8 Å². The van der Waals surface area contributed by atoms with Crippen LogP contribution in [0.15, 0.2) is 0 Å². The van der Waals surface area contributed by atoms with Crippen molar-refractivity contribution in [2.24, 2.45) is 0 Å². The zero-order valence-electron chi connectivity index (χ0n) is 15.4. The number of unbranched alkanes of at least 4 members (excludes halogenated alkanes) is 5. The number of hydrogen-bond acceptors (Lipinski definition) is 2. The maximum Gasteiger partial charge on any atom is 0.272 e. The van der Waals surface area contributed by atoms with E-state index in [-0.39, 0.29) is 22.1 Å². The number of aromatic nitrogens is 2. The van der Waals surface area contributed by atoms with Crippen molar-refractivity contribution < 1.29 is 13.5 Å². The first-order valence-corrected chi connectivity index (χ1v) is 9.40. The zero-order chi connectivity index (χ0) is 18.2. The highest BCUT2D eigenvalue weighted by atomic mass is 35.5. The lowest BCUT2D eigenvalue weighted by Crippen LogP contribution is -2.32. The normalized spacial score (nSPS) is 14.2. The second-order valence-electron chi connectivity index (χ2n) is 6.69. The Morgan fingerprint density at radius 2 is 1.67 bits per heavy atom. The Hall–Kier alpha value is -0.840. The van der Waals surface area contributed by atoms with Crippen molar-refractivity contribution in [1.29, 1.82) is 0 Å². The molecule has 1 aromatic rings. The molecule has 24 heavy (non-hydrogen) atoms. The number of hydrogen-bond donors (Lipinski definition) is 0. The number of ether oxygens (including phenoxy) is 1. The van der Waals surface area contributed by atoms with Crippen LogP contribution in [0.4, 0.5) is 8.78 Å². The third kappa shape index (κ3) is 5.33. The molecule has 0 aliphatic heterocycles. The van der Waals surface area contributed by atoms with Gasteiger partial charge in [-0.2, -0.15) is 5.10 Å². The van der Waals surface area contributed by atoms with E-state index in [4.69, 9.17) is 16.3 Å². The fraction of sp³-hybridized carbons (Fsp3) is 0.833. The summed E-state index contributed by atoms with van der Waals surface area (Å²) in [7, 11) is 1.40. The first kappa shape index (κ1) is 21.2. The Balaban J connectivity index is 3.04. The molecule has 0 aromatic carbocycles. The molecule has 0 amide bonds. The van der Waals surface area contributed by atoms with E-state index in [9.17, 15) is 8.78 Å². The van der Waals surface area contributed by atoms with Gasteiger partial charge in [-0.15, -0.1) is 0 Å². The van der Waals surface area contributed by atoms with E-state index in [1.54, 1.807) is 4.68 Å². The summed E-state index contributed by atoms with van der Waals surface area (Å²) in [5.74, 6) is 0.0992. The quantitative estimate of drug-likeness (QED) is 0.383. The van der Waals surface area contributed by atoms with E-state index in [1.807, 2.05) is 0 Å². The molecule has 0 saturated carbocycles. The Morgan fingerprint density at radius 1 is 1.08 bits per heavy atom. The molecular weight excluding hydrogens is 334 g/mol. The molecule has 0 spiro atoms. The largest absolute Gasteiger partial charge is 0.481 e. The Kier molecular flexibility index (Phi) is 9.03. The molecule has 1 rings (SSSR count). The van der Waals surface area contributed by atoms with Crippen molar-refractivity contribution in [1.82, 2.24) is 9.78 Å². The van der Waals surface area contributed by atoms with E-state index in [2.05, 4.69) is 25.9 Å². The highest BCUT2D eigenvalue weighted by molar-refractivity contribution is 6.30. The molecule has 0 saturated heterocycles. The van der Waals surface area contributed by atoms with Crippen LogP contribution in [0, 0.1) is 0 Å². The van der Waals surface area contributed by atoms with Crippen LogP contribution >= 0.6 is 11.6 Å². The molecule has 1 aromatic heterocycles. The van der Waals surface area contributed by atoms with Gasteiger partial charge in [0.05, 0.1) is 12.6 Å². The summed E-state index contributed by atoms with van der Waals surface area (Å²) in [6.07, 6.45) is 6.95. The van der Waals surface area contributed by atoms with Gasteiger partial charge in [0, 0.05) is 0 Å². The minimum absolute atomic E-state index is 0.0992. The fourth-order valence-corrected chi connectivity index (χ4v) is 3.38. The molecule has 0 aliphatic rings. The summed E-state index contributed by atoms with van der Waals surface area (Å²) in [5, 5.41) is 4.06. The first-order valence-electron chi connectivity index (χ1n) is 9.02. The van der Waals surface area contributed by atoms with Crippen LogP contribution in [0.3, 0.4) is 0 Å². The lowest BCUT2D eigenvalue weighted by Gasteiger charge is -2.31. The van der Waals surface area contributed by atoms with Gasteiger partial charge in [0.15, 0.2) is 5.15 Å². The van der Waals surface area contributed by atoms with Crippen molar-refractivity contribution in [3.8, 4) is 5.88 Å². The number of methoxy groups -OCH3 is 1. The van der Waals surface area contributed by atoms with Crippen molar-refractivity contribution >= 4 is 11.6 Å². The highest BCUT2D eigenvalue weighted by Crippen LogP contribution is 2.41. The lowest BCUT2D eigenvalue weighted by molar-refractivity contribution is 0.142. The van der Waals surface area contributed by atoms with Crippen LogP contribution < -0.4 is 4.74 Å². The van der Waals surface area contributed by atoms with Crippen molar-refractivity contribution in [2.45, 2.75) is 90.5 Å². The molecular formula is C18H31ClF2N2O. The average molecular weight is 365 g/mol. The van der Waals surface area contributed by atoms with Crippen LogP contribution in [0.25, 0.3) is 0 Å². The zero-order valence-corrected chi connectivity index (χ0v) is 16.1. The van der Waals surface area contributed by atoms with Crippen LogP contribution in [-0.4, -0.2) is 16.9 Å². The summed E-state index contributed by atoms with van der Waals surface area (Å²) < 4.78 is 33.5. The molecule has 140 valence electrons. The number of halogens is 3.